The van der Waals surface area contributed by atoms with Gasteiger partial charge < -0.3 is 15.4 Å². The van der Waals surface area contributed by atoms with Crippen molar-refractivity contribution in [2.45, 2.75) is 70.8 Å². The SMILES string of the molecule is CC(C)(C)C[C@]1(c2ccc(-c3cnn(C(F)F)c3)cc2)NC(=N)N([C@H](COC(=O)NC2CC2)c2ccc(Cl)c(-c3ncn(C(F)F)n3)c2)C1=O. The third-order valence-corrected chi connectivity index (χ3v) is 8.70. The molecule has 2 aliphatic rings. The van der Waals surface area contributed by atoms with Crippen LogP contribution in [0.15, 0.2) is 61.2 Å². The number of guanidine groups is 1. The lowest BCUT2D eigenvalue weighted by Gasteiger charge is -2.35. The number of hydrogen-bond acceptors (Lipinski definition) is 7. The Balaban J connectivity index is 1.38. The van der Waals surface area contributed by atoms with Crippen LogP contribution in [0.4, 0.5) is 22.4 Å². The molecular formula is C33H34ClF4N9O3. The van der Waals surface area contributed by atoms with Gasteiger partial charge in [-0.1, -0.05) is 62.7 Å². The van der Waals surface area contributed by atoms with Crippen molar-refractivity contribution in [2.24, 2.45) is 5.41 Å². The van der Waals surface area contributed by atoms with E-state index in [1.54, 1.807) is 30.3 Å². The van der Waals surface area contributed by atoms with E-state index in [9.17, 15) is 27.2 Å². The molecule has 0 spiro atoms. The number of benzene rings is 2. The summed E-state index contributed by atoms with van der Waals surface area (Å²) in [4.78, 5) is 32.7. The summed E-state index contributed by atoms with van der Waals surface area (Å²) in [5, 5.41) is 22.6. The Bertz CT molecular complexity index is 1910. The normalized spacial score (nSPS) is 18.6. The summed E-state index contributed by atoms with van der Waals surface area (Å²) in [5.41, 5.74) is 0.212. The first kappa shape index (κ1) is 34.9. The number of halogens is 5. The van der Waals surface area contributed by atoms with Crippen LogP contribution in [0.3, 0.4) is 0 Å². The zero-order valence-electron chi connectivity index (χ0n) is 27.2. The molecule has 2 amide bonds. The predicted octanol–water partition coefficient (Wildman–Crippen LogP) is 6.88. The van der Waals surface area contributed by atoms with E-state index in [1.807, 2.05) is 20.8 Å². The van der Waals surface area contributed by atoms with Crippen LogP contribution in [-0.2, 0) is 15.1 Å². The van der Waals surface area contributed by atoms with Gasteiger partial charge in [0.05, 0.1) is 17.3 Å². The molecule has 0 bridgehead atoms. The van der Waals surface area contributed by atoms with E-state index in [4.69, 9.17) is 21.7 Å². The van der Waals surface area contributed by atoms with Gasteiger partial charge in [-0.3, -0.25) is 15.1 Å². The van der Waals surface area contributed by atoms with E-state index in [0.717, 1.165) is 19.2 Å². The number of alkyl carbamates (subject to hydrolysis) is 1. The molecule has 50 heavy (non-hydrogen) atoms. The number of ether oxygens (including phenoxy) is 1. The molecule has 4 aromatic rings. The van der Waals surface area contributed by atoms with Crippen molar-refractivity contribution in [1.82, 2.24) is 40.1 Å². The summed E-state index contributed by atoms with van der Waals surface area (Å²) in [6, 6.07) is 10.3. The third kappa shape index (κ3) is 7.15. The van der Waals surface area contributed by atoms with Gasteiger partial charge in [0, 0.05) is 23.4 Å². The van der Waals surface area contributed by atoms with Crippen LogP contribution in [0.25, 0.3) is 22.5 Å². The quantitative estimate of drug-likeness (QED) is 0.144. The largest absolute Gasteiger partial charge is 0.447 e. The number of amides is 2. The fourth-order valence-corrected chi connectivity index (χ4v) is 6.20. The van der Waals surface area contributed by atoms with Crippen LogP contribution >= 0.6 is 11.6 Å². The van der Waals surface area contributed by atoms with Crippen LogP contribution in [0, 0.1) is 10.8 Å². The molecule has 264 valence electrons. The average Bonchev–Trinajstić information content (AvgIpc) is 3.42. The van der Waals surface area contributed by atoms with Crippen LogP contribution < -0.4 is 10.6 Å². The molecular weight excluding hydrogens is 682 g/mol. The molecule has 0 radical (unpaired) electrons. The molecule has 1 saturated heterocycles. The van der Waals surface area contributed by atoms with Gasteiger partial charge >= 0.3 is 19.2 Å². The summed E-state index contributed by atoms with van der Waals surface area (Å²) < 4.78 is 59.4. The smallest absolute Gasteiger partial charge is 0.407 e. The number of carbonyl (C=O) groups is 2. The van der Waals surface area contributed by atoms with Crippen LogP contribution in [0.5, 0.6) is 0 Å². The maximum Gasteiger partial charge on any atom is 0.407 e. The Morgan fingerprint density at radius 3 is 2.40 bits per heavy atom. The Morgan fingerprint density at radius 2 is 1.80 bits per heavy atom. The van der Waals surface area contributed by atoms with Crippen LogP contribution in [0.1, 0.15) is 70.3 Å². The molecule has 2 atom stereocenters. The summed E-state index contributed by atoms with van der Waals surface area (Å²) in [6.07, 6.45) is 4.59. The first-order chi connectivity index (χ1) is 23.6. The van der Waals surface area contributed by atoms with E-state index < -0.39 is 42.1 Å². The first-order valence-corrected chi connectivity index (χ1v) is 16.1. The van der Waals surface area contributed by atoms with Crippen LogP contribution in [0.2, 0.25) is 5.02 Å². The molecule has 1 aliphatic heterocycles. The van der Waals surface area contributed by atoms with Gasteiger partial charge in [-0.15, -0.1) is 5.10 Å². The second kappa shape index (κ2) is 13.4. The maximum atomic E-state index is 14.8. The van der Waals surface area contributed by atoms with Crippen molar-refractivity contribution in [2.75, 3.05) is 6.61 Å². The van der Waals surface area contributed by atoms with Crippen molar-refractivity contribution in [3.05, 3.63) is 77.3 Å². The van der Waals surface area contributed by atoms with E-state index in [-0.39, 0.29) is 41.4 Å². The van der Waals surface area contributed by atoms with Crippen LogP contribution in [-0.4, -0.2) is 60.1 Å². The zero-order valence-corrected chi connectivity index (χ0v) is 28.0. The van der Waals surface area contributed by atoms with Crippen molar-refractivity contribution < 1.29 is 31.9 Å². The lowest BCUT2D eigenvalue weighted by Crippen LogP contribution is -2.47. The number of carbonyl (C=O) groups excluding carboxylic acids is 2. The molecule has 0 unspecified atom stereocenters. The lowest BCUT2D eigenvalue weighted by molar-refractivity contribution is -0.134. The molecule has 6 rings (SSSR count). The second-order valence-corrected chi connectivity index (χ2v) is 13.9. The number of nitrogens with zero attached hydrogens (tertiary/aromatic N) is 6. The minimum Gasteiger partial charge on any atom is -0.447 e. The second-order valence-electron chi connectivity index (χ2n) is 13.5. The monoisotopic (exact) mass is 715 g/mol. The fraction of sp³-hybridized carbons (Fsp3) is 0.394. The van der Waals surface area contributed by atoms with Gasteiger partial charge in [-0.2, -0.15) is 27.3 Å². The Kier molecular flexibility index (Phi) is 9.33. The molecule has 2 fully saturated rings. The van der Waals surface area contributed by atoms with Crippen molar-refractivity contribution in [3.63, 3.8) is 0 Å². The minimum atomic E-state index is -2.93. The zero-order chi connectivity index (χ0) is 36.0. The van der Waals surface area contributed by atoms with E-state index in [0.29, 0.717) is 31.6 Å². The van der Waals surface area contributed by atoms with E-state index >= 15 is 0 Å². The molecule has 2 aromatic heterocycles. The van der Waals surface area contributed by atoms with Crippen molar-refractivity contribution in [3.8, 4) is 22.5 Å². The maximum absolute atomic E-state index is 14.8. The minimum absolute atomic E-state index is 0.000361. The topological polar surface area (TPSA) is 143 Å². The van der Waals surface area contributed by atoms with Gasteiger partial charge in [0.1, 0.15) is 18.5 Å². The summed E-state index contributed by atoms with van der Waals surface area (Å²) in [5.74, 6) is -0.872. The highest BCUT2D eigenvalue weighted by molar-refractivity contribution is 6.33. The van der Waals surface area contributed by atoms with Gasteiger partial charge in [0.15, 0.2) is 11.8 Å². The Labute approximate surface area is 289 Å². The highest BCUT2D eigenvalue weighted by atomic mass is 35.5. The number of alkyl halides is 4. The highest BCUT2D eigenvalue weighted by Gasteiger charge is 2.54. The predicted molar refractivity (Wildman–Crippen MR) is 174 cm³/mol. The lowest BCUT2D eigenvalue weighted by atomic mass is 9.75. The molecule has 3 heterocycles. The average molecular weight is 716 g/mol. The molecule has 2 aromatic carbocycles. The fourth-order valence-electron chi connectivity index (χ4n) is 6.00. The Hall–Kier alpha value is -4.99. The van der Waals surface area contributed by atoms with Crippen molar-refractivity contribution in [1.29, 1.82) is 5.41 Å². The molecule has 17 heteroatoms. The molecule has 1 aliphatic carbocycles. The first-order valence-electron chi connectivity index (χ1n) is 15.7. The van der Waals surface area contributed by atoms with Gasteiger partial charge in [-0.25, -0.2) is 14.5 Å². The third-order valence-electron chi connectivity index (χ3n) is 8.37. The van der Waals surface area contributed by atoms with E-state index in [1.165, 1.54) is 29.4 Å². The number of rotatable bonds is 11. The molecule has 1 saturated carbocycles. The van der Waals surface area contributed by atoms with Gasteiger partial charge in [0.2, 0.25) is 0 Å². The summed E-state index contributed by atoms with van der Waals surface area (Å²) in [6.45, 7) is -0.254. The van der Waals surface area contributed by atoms with Crippen molar-refractivity contribution >= 4 is 29.6 Å². The molecule has 12 nitrogen and oxygen atoms in total. The van der Waals surface area contributed by atoms with Gasteiger partial charge in [-0.05, 0) is 53.5 Å². The number of hydrogen-bond donors (Lipinski definition) is 3. The number of nitrogens with one attached hydrogen (secondary N) is 3. The van der Waals surface area contributed by atoms with Gasteiger partial charge in [0.25, 0.3) is 5.91 Å². The molecule has 3 N–H and O–H groups in total. The number of aromatic nitrogens is 5. The summed E-state index contributed by atoms with van der Waals surface area (Å²) in [7, 11) is 0. The standard InChI is InChI=1S/C33H34ClF4N9O3/c1-32(2,3)16-33(21-7-4-18(5-8-21)20-13-41-45(14-20)28(35)36)27(48)47(30(39)43-33)25(15-50-31(49)42-22-9-10-22)19-6-11-24(34)23(12-19)26-40-17-46(44-26)29(37)38/h4-8,11-14,17,22,25,28-29H,9-10,15-16H2,1-3H3,(H2,39,43)(H,42,49)/t25-,33-/m1/s1. The van der Waals surface area contributed by atoms with E-state index in [2.05, 4.69) is 25.8 Å². The highest BCUT2D eigenvalue weighted by Crippen LogP contribution is 2.43. The summed E-state index contributed by atoms with van der Waals surface area (Å²) >= 11 is 6.46. The Morgan fingerprint density at radius 1 is 1.10 bits per heavy atom.